The predicted octanol–water partition coefficient (Wildman–Crippen LogP) is 1.77. The summed E-state index contributed by atoms with van der Waals surface area (Å²) in [5.41, 5.74) is 0.990. The molecule has 1 aromatic heterocycles. The van der Waals surface area contributed by atoms with Crippen molar-refractivity contribution in [2.75, 3.05) is 13.1 Å². The zero-order valence-electron chi connectivity index (χ0n) is 8.69. The van der Waals surface area contributed by atoms with E-state index >= 15 is 0 Å². The van der Waals surface area contributed by atoms with Crippen LogP contribution in [0.15, 0.2) is 18.3 Å². The molecule has 0 saturated carbocycles. The maximum absolute atomic E-state index is 11.9. The third-order valence-corrected chi connectivity index (χ3v) is 4.47. The fourth-order valence-electron chi connectivity index (χ4n) is 1.63. The Kier molecular flexibility index (Phi) is 5.69. The SMILES string of the molecule is Cl.O=S(Cc1ccc(Cl)nc1)[C@H]1CCNC1. The Hall–Kier alpha value is -0.160. The molecule has 2 atom stereocenters. The largest absolute Gasteiger partial charge is 0.315 e. The van der Waals surface area contributed by atoms with Crippen LogP contribution in [0.5, 0.6) is 0 Å². The molecule has 1 aromatic rings. The summed E-state index contributed by atoms with van der Waals surface area (Å²) in [6.45, 7) is 1.85. The Morgan fingerprint density at radius 1 is 1.56 bits per heavy atom. The van der Waals surface area contributed by atoms with Gasteiger partial charge < -0.3 is 5.32 Å². The van der Waals surface area contributed by atoms with Gasteiger partial charge in [-0.2, -0.15) is 0 Å². The molecule has 6 heteroatoms. The number of aromatic nitrogens is 1. The van der Waals surface area contributed by atoms with Crippen LogP contribution in [0.3, 0.4) is 0 Å². The zero-order chi connectivity index (χ0) is 10.7. The van der Waals surface area contributed by atoms with E-state index in [1.54, 1.807) is 12.3 Å². The Balaban J connectivity index is 0.00000128. The molecule has 0 aromatic carbocycles. The molecule has 1 N–H and O–H groups in total. The Bertz CT molecular complexity index is 352. The topological polar surface area (TPSA) is 42.0 Å². The van der Waals surface area contributed by atoms with E-state index in [0.717, 1.165) is 25.1 Å². The second-order valence-electron chi connectivity index (χ2n) is 3.63. The summed E-state index contributed by atoms with van der Waals surface area (Å²) in [6.07, 6.45) is 2.70. The van der Waals surface area contributed by atoms with Gasteiger partial charge in [0.1, 0.15) is 5.15 Å². The lowest BCUT2D eigenvalue weighted by Gasteiger charge is -2.07. The summed E-state index contributed by atoms with van der Waals surface area (Å²) in [5, 5.41) is 3.99. The van der Waals surface area contributed by atoms with Gasteiger partial charge in [-0.3, -0.25) is 4.21 Å². The molecule has 2 heterocycles. The number of nitrogens with zero attached hydrogens (tertiary/aromatic N) is 1. The summed E-state index contributed by atoms with van der Waals surface area (Å²) in [5.74, 6) is 0.580. The van der Waals surface area contributed by atoms with Gasteiger partial charge in [-0.25, -0.2) is 4.98 Å². The van der Waals surface area contributed by atoms with Gasteiger partial charge in [0.15, 0.2) is 0 Å². The Morgan fingerprint density at radius 3 is 2.94 bits per heavy atom. The van der Waals surface area contributed by atoms with Crippen LogP contribution in [0.2, 0.25) is 5.15 Å². The van der Waals surface area contributed by atoms with Crippen LogP contribution < -0.4 is 5.32 Å². The lowest BCUT2D eigenvalue weighted by Crippen LogP contribution is -2.19. The highest BCUT2D eigenvalue weighted by Crippen LogP contribution is 2.13. The van der Waals surface area contributed by atoms with Crippen LogP contribution in [-0.2, 0) is 16.6 Å². The lowest BCUT2D eigenvalue weighted by atomic mass is 10.3. The van der Waals surface area contributed by atoms with Crippen LogP contribution in [-0.4, -0.2) is 27.5 Å². The van der Waals surface area contributed by atoms with Crippen molar-refractivity contribution in [2.24, 2.45) is 0 Å². The van der Waals surface area contributed by atoms with E-state index in [0.29, 0.717) is 16.2 Å². The third kappa shape index (κ3) is 3.70. The Morgan fingerprint density at radius 2 is 2.38 bits per heavy atom. The fourth-order valence-corrected chi connectivity index (χ4v) is 3.16. The van der Waals surface area contributed by atoms with E-state index in [9.17, 15) is 4.21 Å². The molecule has 1 aliphatic heterocycles. The summed E-state index contributed by atoms with van der Waals surface area (Å²) in [6, 6.07) is 3.62. The van der Waals surface area contributed by atoms with Gasteiger partial charge >= 0.3 is 0 Å². The van der Waals surface area contributed by atoms with Crippen LogP contribution in [0.4, 0.5) is 0 Å². The van der Waals surface area contributed by atoms with Crippen molar-refractivity contribution in [1.82, 2.24) is 10.3 Å². The van der Waals surface area contributed by atoms with Crippen LogP contribution in [0.25, 0.3) is 0 Å². The molecular weight excluding hydrogens is 267 g/mol. The maximum atomic E-state index is 11.9. The first kappa shape index (κ1) is 13.9. The molecule has 2 rings (SSSR count). The molecule has 0 aliphatic carbocycles. The second-order valence-corrected chi connectivity index (χ2v) is 5.73. The minimum Gasteiger partial charge on any atom is -0.315 e. The van der Waals surface area contributed by atoms with E-state index < -0.39 is 10.8 Å². The summed E-state index contributed by atoms with van der Waals surface area (Å²) in [4.78, 5) is 3.97. The highest BCUT2D eigenvalue weighted by atomic mass is 35.5. The molecule has 90 valence electrons. The molecule has 1 fully saturated rings. The first-order valence-electron chi connectivity index (χ1n) is 4.94. The van der Waals surface area contributed by atoms with Crippen LogP contribution in [0, 0.1) is 0 Å². The predicted molar refractivity (Wildman–Crippen MR) is 69.6 cm³/mol. The quantitative estimate of drug-likeness (QED) is 0.859. The van der Waals surface area contributed by atoms with E-state index in [-0.39, 0.29) is 12.4 Å². The third-order valence-electron chi connectivity index (χ3n) is 2.48. The van der Waals surface area contributed by atoms with Crippen molar-refractivity contribution in [3.63, 3.8) is 0 Å². The number of nitrogens with one attached hydrogen (secondary N) is 1. The van der Waals surface area contributed by atoms with Gasteiger partial charge in [0, 0.05) is 28.8 Å². The maximum Gasteiger partial charge on any atom is 0.129 e. The van der Waals surface area contributed by atoms with Gasteiger partial charge in [0.25, 0.3) is 0 Å². The Labute approximate surface area is 109 Å². The fraction of sp³-hybridized carbons (Fsp3) is 0.500. The van der Waals surface area contributed by atoms with Crippen molar-refractivity contribution in [3.8, 4) is 0 Å². The van der Waals surface area contributed by atoms with E-state index in [4.69, 9.17) is 11.6 Å². The highest BCUT2D eigenvalue weighted by molar-refractivity contribution is 7.84. The van der Waals surface area contributed by atoms with Gasteiger partial charge in [-0.15, -0.1) is 12.4 Å². The summed E-state index contributed by atoms with van der Waals surface area (Å²) in [7, 11) is -0.799. The van der Waals surface area contributed by atoms with Gasteiger partial charge in [-0.05, 0) is 24.6 Å². The van der Waals surface area contributed by atoms with Crippen LogP contribution in [0.1, 0.15) is 12.0 Å². The molecule has 1 saturated heterocycles. The monoisotopic (exact) mass is 280 g/mol. The average molecular weight is 281 g/mol. The standard InChI is InChI=1S/C10H13ClN2OS.ClH/c11-10-2-1-8(5-13-10)7-15(14)9-3-4-12-6-9;/h1-2,5,9,12H,3-4,6-7H2;1H/t9-,15?;/m0./s1. The minimum atomic E-state index is -0.799. The average Bonchev–Trinajstić information content (AvgIpc) is 2.74. The molecule has 3 nitrogen and oxygen atoms in total. The van der Waals surface area contributed by atoms with Gasteiger partial charge in [0.05, 0.1) is 5.75 Å². The van der Waals surface area contributed by atoms with Crippen molar-refractivity contribution in [3.05, 3.63) is 29.0 Å². The molecule has 1 aliphatic rings. The number of hydrogen-bond acceptors (Lipinski definition) is 3. The molecule has 0 radical (unpaired) electrons. The first-order valence-corrected chi connectivity index (χ1v) is 6.70. The number of rotatable bonds is 3. The van der Waals surface area contributed by atoms with Crippen molar-refractivity contribution < 1.29 is 4.21 Å². The van der Waals surface area contributed by atoms with E-state index in [2.05, 4.69) is 10.3 Å². The number of halogens is 2. The first-order chi connectivity index (χ1) is 7.25. The molecule has 0 spiro atoms. The molecule has 0 bridgehead atoms. The smallest absolute Gasteiger partial charge is 0.129 e. The zero-order valence-corrected chi connectivity index (χ0v) is 11.1. The normalized spacial score (nSPS) is 21.4. The summed E-state index contributed by atoms with van der Waals surface area (Å²) < 4.78 is 11.9. The highest BCUT2D eigenvalue weighted by Gasteiger charge is 2.20. The van der Waals surface area contributed by atoms with Gasteiger partial charge in [-0.1, -0.05) is 17.7 Å². The number of pyridine rings is 1. The molecule has 0 amide bonds. The second kappa shape index (κ2) is 6.55. The van der Waals surface area contributed by atoms with Crippen molar-refractivity contribution >= 4 is 34.8 Å². The van der Waals surface area contributed by atoms with Crippen molar-refractivity contribution in [2.45, 2.75) is 17.4 Å². The van der Waals surface area contributed by atoms with Crippen LogP contribution >= 0.6 is 24.0 Å². The molecule has 16 heavy (non-hydrogen) atoms. The minimum absolute atomic E-state index is 0. The van der Waals surface area contributed by atoms with Crippen molar-refractivity contribution in [1.29, 1.82) is 0 Å². The van der Waals surface area contributed by atoms with Gasteiger partial charge in [0.2, 0.25) is 0 Å². The summed E-state index contributed by atoms with van der Waals surface area (Å²) >= 11 is 5.68. The van der Waals surface area contributed by atoms with E-state index in [1.807, 2.05) is 6.07 Å². The molecule has 1 unspecified atom stereocenters. The number of hydrogen-bond donors (Lipinski definition) is 1. The lowest BCUT2D eigenvalue weighted by molar-refractivity contribution is 0.672. The van der Waals surface area contributed by atoms with E-state index in [1.165, 1.54) is 0 Å². The molecular formula is C10H14Cl2N2OS.